The molecule has 104 valence electrons. The van der Waals surface area contributed by atoms with E-state index in [2.05, 4.69) is 38.1 Å². The van der Waals surface area contributed by atoms with Crippen molar-refractivity contribution in [1.82, 2.24) is 0 Å². The van der Waals surface area contributed by atoms with Gasteiger partial charge in [0.2, 0.25) is 5.79 Å². The summed E-state index contributed by atoms with van der Waals surface area (Å²) in [6.07, 6.45) is 6.01. The predicted octanol–water partition coefficient (Wildman–Crippen LogP) is 4.17. The summed E-state index contributed by atoms with van der Waals surface area (Å²) in [5.74, 6) is -0.464. The molecule has 0 atom stereocenters. The van der Waals surface area contributed by atoms with Crippen LogP contribution in [0.15, 0.2) is 24.3 Å². The highest BCUT2D eigenvalue weighted by atomic mass is 16.7. The van der Waals surface area contributed by atoms with Crippen molar-refractivity contribution >= 4 is 0 Å². The van der Waals surface area contributed by atoms with Crippen LogP contribution in [0.5, 0.6) is 0 Å². The minimum Gasteiger partial charge on any atom is -0.345 e. The highest BCUT2D eigenvalue weighted by Gasteiger charge is 2.61. The topological polar surface area (TPSA) is 18.5 Å². The van der Waals surface area contributed by atoms with Crippen molar-refractivity contribution in [2.24, 2.45) is 5.41 Å². The molecule has 2 heterocycles. The molecule has 0 amide bonds. The Morgan fingerprint density at radius 3 is 2.53 bits per heavy atom. The molecule has 0 saturated carbocycles. The molecule has 2 heteroatoms. The maximum atomic E-state index is 6.18. The fourth-order valence-electron chi connectivity index (χ4n) is 3.83. The van der Waals surface area contributed by atoms with Crippen molar-refractivity contribution < 1.29 is 9.47 Å². The van der Waals surface area contributed by atoms with Gasteiger partial charge in [0.1, 0.15) is 0 Å². The Morgan fingerprint density at radius 2 is 1.89 bits per heavy atom. The first kappa shape index (κ1) is 13.1. The third kappa shape index (κ3) is 1.93. The fraction of sp³-hybridized carbons (Fsp3) is 0.647. The van der Waals surface area contributed by atoms with Gasteiger partial charge < -0.3 is 9.47 Å². The van der Waals surface area contributed by atoms with Gasteiger partial charge in [0.05, 0.1) is 13.2 Å². The summed E-state index contributed by atoms with van der Waals surface area (Å²) in [6.45, 7) is 6.06. The van der Waals surface area contributed by atoms with Crippen LogP contribution in [0.3, 0.4) is 0 Å². The molecule has 0 unspecified atom stereocenters. The van der Waals surface area contributed by atoms with E-state index in [4.69, 9.17) is 9.47 Å². The number of rotatable bonds is 4. The molecule has 0 aliphatic carbocycles. The number of hydrogen-bond donors (Lipinski definition) is 0. The summed E-state index contributed by atoms with van der Waals surface area (Å²) in [4.78, 5) is 0. The van der Waals surface area contributed by atoms with Crippen molar-refractivity contribution in [2.75, 3.05) is 13.2 Å². The normalized spacial score (nSPS) is 33.6. The van der Waals surface area contributed by atoms with E-state index in [0.717, 1.165) is 26.1 Å². The van der Waals surface area contributed by atoms with Crippen LogP contribution in [0.2, 0.25) is 0 Å². The Labute approximate surface area is 116 Å². The minimum atomic E-state index is -0.464. The van der Waals surface area contributed by atoms with Gasteiger partial charge in [-0.25, -0.2) is 0 Å². The smallest absolute Gasteiger partial charge is 0.200 e. The summed E-state index contributed by atoms with van der Waals surface area (Å²) < 4.78 is 12.4. The molecule has 2 aliphatic rings. The first-order chi connectivity index (χ1) is 9.22. The summed E-state index contributed by atoms with van der Waals surface area (Å²) in [5.41, 5.74) is 2.71. The fourth-order valence-corrected chi connectivity index (χ4v) is 3.83. The van der Waals surface area contributed by atoms with Crippen molar-refractivity contribution in [1.29, 1.82) is 0 Å². The zero-order valence-electron chi connectivity index (χ0n) is 12.1. The molecular formula is C17H24O2. The first-order valence-corrected chi connectivity index (χ1v) is 7.57. The van der Waals surface area contributed by atoms with Crippen LogP contribution in [-0.4, -0.2) is 13.2 Å². The average molecular weight is 260 g/mol. The summed E-state index contributed by atoms with van der Waals surface area (Å²) in [7, 11) is 0. The van der Waals surface area contributed by atoms with Gasteiger partial charge in [0.25, 0.3) is 0 Å². The van der Waals surface area contributed by atoms with Crippen LogP contribution in [0.25, 0.3) is 0 Å². The van der Waals surface area contributed by atoms with Crippen LogP contribution >= 0.6 is 0 Å². The van der Waals surface area contributed by atoms with Crippen molar-refractivity contribution in [2.45, 2.75) is 51.7 Å². The van der Waals surface area contributed by atoms with Crippen LogP contribution in [0, 0.1) is 12.3 Å². The lowest BCUT2D eigenvalue weighted by Crippen LogP contribution is -2.39. The molecule has 0 aromatic heterocycles. The van der Waals surface area contributed by atoms with Crippen LogP contribution in [0.4, 0.5) is 0 Å². The van der Waals surface area contributed by atoms with E-state index in [9.17, 15) is 0 Å². The summed E-state index contributed by atoms with van der Waals surface area (Å²) >= 11 is 0. The SMILES string of the molecule is CCCCC12CCOC1(c1cccc(C)c1)OCC2. The first-order valence-electron chi connectivity index (χ1n) is 7.57. The second-order valence-corrected chi connectivity index (χ2v) is 6.07. The van der Waals surface area contributed by atoms with Gasteiger partial charge in [-0.05, 0) is 26.2 Å². The molecule has 19 heavy (non-hydrogen) atoms. The quantitative estimate of drug-likeness (QED) is 0.809. The maximum Gasteiger partial charge on any atom is 0.200 e. The molecule has 3 rings (SSSR count). The van der Waals surface area contributed by atoms with Gasteiger partial charge in [-0.1, -0.05) is 49.6 Å². The molecule has 0 N–H and O–H groups in total. The summed E-state index contributed by atoms with van der Waals surface area (Å²) in [6, 6.07) is 8.66. The van der Waals surface area contributed by atoms with Crippen LogP contribution in [-0.2, 0) is 15.3 Å². The molecule has 0 radical (unpaired) electrons. The molecule has 2 nitrogen and oxygen atoms in total. The van der Waals surface area contributed by atoms with E-state index >= 15 is 0 Å². The van der Waals surface area contributed by atoms with E-state index in [1.165, 1.54) is 30.4 Å². The molecule has 0 spiro atoms. The molecule has 1 aromatic carbocycles. The largest absolute Gasteiger partial charge is 0.345 e. The summed E-state index contributed by atoms with van der Waals surface area (Å²) in [5, 5.41) is 0. The zero-order chi connectivity index (χ0) is 13.3. The molecule has 2 aliphatic heterocycles. The van der Waals surface area contributed by atoms with Crippen LogP contribution in [0.1, 0.15) is 50.2 Å². The lowest BCUT2D eigenvalue weighted by Gasteiger charge is -2.38. The van der Waals surface area contributed by atoms with E-state index in [1.807, 2.05) is 0 Å². The Hall–Kier alpha value is -0.860. The number of hydrogen-bond acceptors (Lipinski definition) is 2. The molecule has 2 saturated heterocycles. The van der Waals surface area contributed by atoms with E-state index < -0.39 is 5.79 Å². The zero-order valence-corrected chi connectivity index (χ0v) is 12.1. The van der Waals surface area contributed by atoms with Gasteiger partial charge in [0.15, 0.2) is 0 Å². The van der Waals surface area contributed by atoms with E-state index in [1.54, 1.807) is 0 Å². The third-order valence-electron chi connectivity index (χ3n) is 4.88. The number of ether oxygens (including phenoxy) is 2. The number of fused-ring (bicyclic) bond motifs is 1. The van der Waals surface area contributed by atoms with Gasteiger partial charge >= 0.3 is 0 Å². The number of aryl methyl sites for hydroxylation is 1. The average Bonchev–Trinajstić information content (AvgIpc) is 2.92. The molecule has 0 bridgehead atoms. The van der Waals surface area contributed by atoms with Gasteiger partial charge in [-0.3, -0.25) is 0 Å². The van der Waals surface area contributed by atoms with Crippen LogP contribution < -0.4 is 0 Å². The lowest BCUT2D eigenvalue weighted by atomic mass is 9.71. The van der Waals surface area contributed by atoms with Gasteiger partial charge in [-0.15, -0.1) is 0 Å². The molecular weight excluding hydrogens is 236 g/mol. The van der Waals surface area contributed by atoms with Crippen molar-refractivity contribution in [3.05, 3.63) is 35.4 Å². The second-order valence-electron chi connectivity index (χ2n) is 6.07. The van der Waals surface area contributed by atoms with Crippen molar-refractivity contribution in [3.8, 4) is 0 Å². The van der Waals surface area contributed by atoms with Crippen molar-refractivity contribution in [3.63, 3.8) is 0 Å². The lowest BCUT2D eigenvalue weighted by molar-refractivity contribution is -0.229. The van der Waals surface area contributed by atoms with Gasteiger partial charge in [-0.2, -0.15) is 0 Å². The highest BCUT2D eigenvalue weighted by molar-refractivity contribution is 5.30. The second kappa shape index (κ2) is 4.92. The highest BCUT2D eigenvalue weighted by Crippen LogP contribution is 2.60. The minimum absolute atomic E-state index is 0.205. The maximum absolute atomic E-state index is 6.18. The van der Waals surface area contributed by atoms with Gasteiger partial charge in [0, 0.05) is 11.0 Å². The molecule has 2 fully saturated rings. The predicted molar refractivity (Wildman–Crippen MR) is 76.0 cm³/mol. The van der Waals surface area contributed by atoms with E-state index in [-0.39, 0.29) is 5.41 Å². The Morgan fingerprint density at radius 1 is 1.16 bits per heavy atom. The monoisotopic (exact) mass is 260 g/mol. The third-order valence-corrected chi connectivity index (χ3v) is 4.88. The number of benzene rings is 1. The molecule has 1 aromatic rings. The Kier molecular flexibility index (Phi) is 3.40. The number of unbranched alkanes of at least 4 members (excludes halogenated alkanes) is 1. The van der Waals surface area contributed by atoms with E-state index in [0.29, 0.717) is 0 Å². The Balaban J connectivity index is 2.00. The Bertz CT molecular complexity index is 442. The standard InChI is InChI=1S/C17H24O2/c1-3-4-8-16-9-11-18-17(16,19-12-10-16)15-7-5-6-14(2)13-15/h5-7,13H,3-4,8-12H2,1-2H3.